The Hall–Kier alpha value is -3.28. The minimum atomic E-state index is -4.86. The Morgan fingerprint density at radius 1 is 1.07 bits per heavy atom. The van der Waals surface area contributed by atoms with Gasteiger partial charge in [0.25, 0.3) is 5.91 Å². The van der Waals surface area contributed by atoms with Crippen LogP contribution in [-0.2, 0) is 0 Å². The number of alkyl halides is 3. The molecule has 0 saturated heterocycles. The third kappa shape index (κ3) is 4.52. The molecule has 0 radical (unpaired) electrons. The van der Waals surface area contributed by atoms with Crippen molar-refractivity contribution >= 4 is 38.6 Å². The van der Waals surface area contributed by atoms with Crippen LogP contribution < -0.4 is 15.4 Å². The van der Waals surface area contributed by atoms with E-state index >= 15 is 0 Å². The van der Waals surface area contributed by atoms with Crippen molar-refractivity contribution in [3.05, 3.63) is 53.6 Å². The van der Waals surface area contributed by atoms with Gasteiger partial charge in [-0.1, -0.05) is 17.4 Å². The Kier molecular flexibility index (Phi) is 5.14. The normalized spacial score (nSPS) is 11.3. The van der Waals surface area contributed by atoms with E-state index in [1.165, 1.54) is 6.07 Å². The molecule has 3 aromatic rings. The van der Waals surface area contributed by atoms with Crippen LogP contribution in [0.3, 0.4) is 0 Å². The summed E-state index contributed by atoms with van der Waals surface area (Å²) in [5, 5.41) is 3.85. The summed E-state index contributed by atoms with van der Waals surface area (Å²) in [5.41, 5.74) is -0.669. The molecule has 0 aliphatic carbocycles. The number of halogens is 5. The number of anilines is 1. The van der Waals surface area contributed by atoms with Gasteiger partial charge in [-0.25, -0.2) is 18.6 Å². The van der Waals surface area contributed by atoms with E-state index in [4.69, 9.17) is 0 Å². The van der Waals surface area contributed by atoms with E-state index < -0.39 is 41.2 Å². The van der Waals surface area contributed by atoms with Gasteiger partial charge in [0.05, 0.1) is 10.2 Å². The average Bonchev–Trinajstić information content (AvgIpc) is 2.94. The van der Waals surface area contributed by atoms with Gasteiger partial charge >= 0.3 is 12.4 Å². The fourth-order valence-corrected chi connectivity index (χ4v) is 3.05. The number of aromatic nitrogens is 1. The van der Waals surface area contributed by atoms with Crippen LogP contribution in [0.4, 0.5) is 31.9 Å². The molecule has 0 saturated carbocycles. The van der Waals surface area contributed by atoms with Crippen LogP contribution in [0.15, 0.2) is 36.4 Å². The van der Waals surface area contributed by atoms with E-state index in [1.807, 2.05) is 0 Å². The molecule has 0 aliphatic rings. The maximum Gasteiger partial charge on any atom is 0.573 e. The number of fused-ring (bicyclic) bond motifs is 1. The lowest BCUT2D eigenvalue weighted by atomic mass is 10.2. The molecular formula is C16H8F5N3O3S. The standard InChI is InChI=1S/C16H8F5N3O3S/c17-8-2-1-3-9(18)12(8)13(25)23-14(26)24-15-22-10-5-4-7(6-11(10)28-15)27-16(19,20)21/h1-6H,(H2,22,23,24,25,26). The van der Waals surface area contributed by atoms with Crippen LogP contribution in [0.2, 0.25) is 0 Å². The fourth-order valence-electron chi connectivity index (χ4n) is 2.16. The number of benzene rings is 2. The first-order valence-corrected chi connectivity index (χ1v) is 8.17. The lowest BCUT2D eigenvalue weighted by molar-refractivity contribution is -0.274. The number of amides is 3. The van der Waals surface area contributed by atoms with E-state index in [0.717, 1.165) is 41.7 Å². The zero-order valence-electron chi connectivity index (χ0n) is 13.4. The number of nitrogens with zero attached hydrogens (tertiary/aromatic N) is 1. The van der Waals surface area contributed by atoms with E-state index in [1.54, 1.807) is 5.32 Å². The van der Waals surface area contributed by atoms with Crippen molar-refractivity contribution in [2.45, 2.75) is 6.36 Å². The van der Waals surface area contributed by atoms with Crippen molar-refractivity contribution in [1.82, 2.24) is 10.3 Å². The summed E-state index contributed by atoms with van der Waals surface area (Å²) in [4.78, 5) is 27.7. The summed E-state index contributed by atoms with van der Waals surface area (Å²) in [6.45, 7) is 0. The van der Waals surface area contributed by atoms with Crippen molar-refractivity contribution < 1.29 is 36.3 Å². The highest BCUT2D eigenvalue weighted by atomic mass is 32.1. The smallest absolute Gasteiger partial charge is 0.406 e. The predicted octanol–water partition coefficient (Wildman–Crippen LogP) is 4.44. The SMILES string of the molecule is O=C(NC(=O)c1c(F)cccc1F)Nc1nc2ccc(OC(F)(F)F)cc2s1. The minimum Gasteiger partial charge on any atom is -0.406 e. The number of carbonyl (C=O) groups excluding carboxylic acids is 2. The minimum absolute atomic E-state index is 0.0570. The summed E-state index contributed by atoms with van der Waals surface area (Å²) in [5.74, 6) is -4.08. The molecule has 1 aromatic heterocycles. The Morgan fingerprint density at radius 2 is 1.75 bits per heavy atom. The molecule has 1 heterocycles. The second kappa shape index (κ2) is 7.38. The first-order chi connectivity index (χ1) is 13.1. The molecule has 0 bridgehead atoms. The molecule has 0 atom stereocenters. The van der Waals surface area contributed by atoms with E-state index in [2.05, 4.69) is 15.0 Å². The molecule has 0 fully saturated rings. The summed E-state index contributed by atoms with van der Waals surface area (Å²) in [6, 6.07) is 5.00. The van der Waals surface area contributed by atoms with Gasteiger partial charge in [0, 0.05) is 6.07 Å². The van der Waals surface area contributed by atoms with Crippen molar-refractivity contribution in [3.63, 3.8) is 0 Å². The first kappa shape index (κ1) is 19.5. The van der Waals surface area contributed by atoms with Crippen LogP contribution in [0, 0.1) is 11.6 Å². The molecule has 6 nitrogen and oxygen atoms in total. The number of hydrogen-bond donors (Lipinski definition) is 2. The van der Waals surface area contributed by atoms with Crippen molar-refractivity contribution in [2.24, 2.45) is 0 Å². The summed E-state index contributed by atoms with van der Waals surface area (Å²) >= 11 is 0.805. The summed E-state index contributed by atoms with van der Waals surface area (Å²) < 4.78 is 67.9. The molecule has 2 N–H and O–H groups in total. The highest BCUT2D eigenvalue weighted by Gasteiger charge is 2.31. The van der Waals surface area contributed by atoms with Gasteiger partial charge in [0.2, 0.25) is 0 Å². The van der Waals surface area contributed by atoms with Crippen molar-refractivity contribution in [1.29, 1.82) is 0 Å². The number of nitrogens with one attached hydrogen (secondary N) is 2. The van der Waals surface area contributed by atoms with Gasteiger partial charge in [-0.05, 0) is 24.3 Å². The largest absolute Gasteiger partial charge is 0.573 e. The topological polar surface area (TPSA) is 80.3 Å². The van der Waals surface area contributed by atoms with E-state index in [9.17, 15) is 31.5 Å². The molecule has 146 valence electrons. The lowest BCUT2D eigenvalue weighted by Crippen LogP contribution is -2.35. The number of hydrogen-bond acceptors (Lipinski definition) is 5. The predicted molar refractivity (Wildman–Crippen MR) is 89.1 cm³/mol. The molecule has 12 heteroatoms. The number of carbonyl (C=O) groups is 2. The van der Waals surface area contributed by atoms with Crippen LogP contribution in [-0.4, -0.2) is 23.3 Å². The Morgan fingerprint density at radius 3 is 2.39 bits per heavy atom. The number of rotatable bonds is 3. The van der Waals surface area contributed by atoms with Gasteiger partial charge in [0.15, 0.2) is 5.13 Å². The quantitative estimate of drug-likeness (QED) is 0.618. The van der Waals surface area contributed by atoms with Gasteiger partial charge in [-0.15, -0.1) is 13.2 Å². The number of urea groups is 1. The third-order valence-electron chi connectivity index (χ3n) is 3.23. The van der Waals surface area contributed by atoms with Gasteiger partial charge in [0.1, 0.15) is 22.9 Å². The van der Waals surface area contributed by atoms with Crippen molar-refractivity contribution in [3.8, 4) is 5.75 Å². The van der Waals surface area contributed by atoms with Crippen LogP contribution in [0.1, 0.15) is 10.4 Å². The lowest BCUT2D eigenvalue weighted by Gasteiger charge is -2.07. The second-order valence-electron chi connectivity index (χ2n) is 5.20. The maximum atomic E-state index is 13.5. The Labute approximate surface area is 156 Å². The van der Waals surface area contributed by atoms with Crippen LogP contribution >= 0.6 is 11.3 Å². The molecule has 3 amide bonds. The zero-order valence-corrected chi connectivity index (χ0v) is 14.3. The number of ether oxygens (including phenoxy) is 1. The van der Waals surface area contributed by atoms with E-state index in [-0.39, 0.29) is 15.3 Å². The van der Waals surface area contributed by atoms with Crippen LogP contribution in [0.5, 0.6) is 5.75 Å². The Balaban J connectivity index is 1.71. The number of thiazole rings is 1. The molecular weight excluding hydrogens is 409 g/mol. The molecule has 0 aliphatic heterocycles. The highest BCUT2D eigenvalue weighted by molar-refractivity contribution is 7.22. The van der Waals surface area contributed by atoms with Crippen molar-refractivity contribution in [2.75, 3.05) is 5.32 Å². The summed E-state index contributed by atoms with van der Waals surface area (Å²) in [6.07, 6.45) is -4.86. The zero-order chi connectivity index (χ0) is 20.5. The van der Waals surface area contributed by atoms with Crippen LogP contribution in [0.25, 0.3) is 10.2 Å². The molecule has 0 unspecified atom stereocenters. The Bertz CT molecular complexity index is 1050. The van der Waals surface area contributed by atoms with Gasteiger partial charge in [-0.2, -0.15) is 0 Å². The highest BCUT2D eigenvalue weighted by Crippen LogP contribution is 2.31. The van der Waals surface area contributed by atoms with Gasteiger partial charge in [-0.3, -0.25) is 15.4 Å². The monoisotopic (exact) mass is 417 g/mol. The summed E-state index contributed by atoms with van der Waals surface area (Å²) in [7, 11) is 0. The van der Waals surface area contributed by atoms with Gasteiger partial charge < -0.3 is 4.74 Å². The molecule has 28 heavy (non-hydrogen) atoms. The fraction of sp³-hybridized carbons (Fsp3) is 0.0625. The number of imide groups is 1. The molecule has 3 rings (SSSR count). The first-order valence-electron chi connectivity index (χ1n) is 7.35. The molecule has 2 aromatic carbocycles. The second-order valence-corrected chi connectivity index (χ2v) is 6.23. The average molecular weight is 417 g/mol. The maximum absolute atomic E-state index is 13.5. The molecule has 0 spiro atoms. The third-order valence-corrected chi connectivity index (χ3v) is 4.16. The van der Waals surface area contributed by atoms with E-state index in [0.29, 0.717) is 0 Å².